The second-order valence-corrected chi connectivity index (χ2v) is 7.96. The van der Waals surface area contributed by atoms with Crippen LogP contribution in [0.4, 0.5) is 0 Å². The lowest BCUT2D eigenvalue weighted by Crippen LogP contribution is -2.44. The van der Waals surface area contributed by atoms with E-state index >= 15 is 0 Å². The van der Waals surface area contributed by atoms with E-state index < -0.39 is 0 Å². The van der Waals surface area contributed by atoms with Crippen LogP contribution in [0.15, 0.2) is 59.6 Å². The molecule has 2 N–H and O–H groups in total. The molecule has 0 aliphatic carbocycles. The van der Waals surface area contributed by atoms with Crippen LogP contribution in [0.5, 0.6) is 0 Å². The summed E-state index contributed by atoms with van der Waals surface area (Å²) in [6.45, 7) is 3.68. The molecule has 1 aliphatic rings. The summed E-state index contributed by atoms with van der Waals surface area (Å²) in [5.74, 6) is 0.818. The maximum atomic E-state index is 12.0. The van der Waals surface area contributed by atoms with E-state index in [2.05, 4.69) is 50.9 Å². The first-order valence-electron chi connectivity index (χ1n) is 10.6. The van der Waals surface area contributed by atoms with Gasteiger partial charge in [0.05, 0.1) is 0 Å². The number of amides is 1. The third-order valence-electron chi connectivity index (χ3n) is 5.52. The maximum absolute atomic E-state index is 12.0. The van der Waals surface area contributed by atoms with Crippen LogP contribution in [0.2, 0.25) is 0 Å². The third-order valence-corrected chi connectivity index (χ3v) is 5.52. The van der Waals surface area contributed by atoms with Crippen molar-refractivity contribution >= 4 is 11.9 Å². The SMILES string of the molecule is CN=C(NCc1ccc(C(=O)N(C)C)cc1)NCC1CCCN1Cc1ccccc1. The van der Waals surface area contributed by atoms with Gasteiger partial charge in [-0.3, -0.25) is 14.7 Å². The number of hydrogen-bond donors (Lipinski definition) is 2. The molecule has 1 fully saturated rings. The molecule has 0 spiro atoms. The van der Waals surface area contributed by atoms with Gasteiger partial charge in [-0.1, -0.05) is 42.5 Å². The first kappa shape index (κ1) is 21.8. The Balaban J connectivity index is 1.47. The summed E-state index contributed by atoms with van der Waals surface area (Å²) < 4.78 is 0. The van der Waals surface area contributed by atoms with Crippen molar-refractivity contribution in [3.05, 3.63) is 71.3 Å². The standard InChI is InChI=1S/C24H33N5O/c1-25-24(26-16-19-11-13-21(14-12-19)23(30)28(2)3)27-17-22-10-7-15-29(22)18-20-8-5-4-6-9-20/h4-6,8-9,11-14,22H,7,10,15-18H2,1-3H3,(H2,25,26,27). The zero-order valence-corrected chi connectivity index (χ0v) is 18.3. The van der Waals surface area contributed by atoms with Crippen LogP contribution in [0.1, 0.15) is 34.3 Å². The van der Waals surface area contributed by atoms with Gasteiger partial charge in [-0.05, 0) is 42.6 Å². The number of guanidine groups is 1. The first-order chi connectivity index (χ1) is 14.6. The normalized spacial score (nSPS) is 17.0. The lowest BCUT2D eigenvalue weighted by molar-refractivity contribution is 0.0827. The van der Waals surface area contributed by atoms with E-state index in [1.165, 1.54) is 18.4 Å². The van der Waals surface area contributed by atoms with Gasteiger partial charge >= 0.3 is 0 Å². The Kier molecular flexibility index (Phi) is 7.85. The number of likely N-dealkylation sites (tertiary alicyclic amines) is 1. The summed E-state index contributed by atoms with van der Waals surface area (Å²) in [7, 11) is 5.32. The number of aliphatic imine (C=N–C) groups is 1. The molecular weight excluding hydrogens is 374 g/mol. The van der Waals surface area contributed by atoms with Crippen molar-refractivity contribution in [3.8, 4) is 0 Å². The summed E-state index contributed by atoms with van der Waals surface area (Å²) in [5.41, 5.74) is 3.17. The van der Waals surface area contributed by atoms with Crippen molar-refractivity contribution in [2.24, 2.45) is 4.99 Å². The smallest absolute Gasteiger partial charge is 0.253 e. The lowest BCUT2D eigenvalue weighted by Gasteiger charge is -2.25. The summed E-state index contributed by atoms with van der Waals surface area (Å²) in [4.78, 5) is 20.5. The highest BCUT2D eigenvalue weighted by Crippen LogP contribution is 2.19. The van der Waals surface area contributed by atoms with E-state index in [-0.39, 0.29) is 5.91 Å². The molecular formula is C24H33N5O. The van der Waals surface area contributed by atoms with Gasteiger partial charge in [-0.15, -0.1) is 0 Å². The van der Waals surface area contributed by atoms with Gasteiger partial charge in [0.15, 0.2) is 5.96 Å². The van der Waals surface area contributed by atoms with Crippen molar-refractivity contribution in [1.29, 1.82) is 0 Å². The predicted molar refractivity (Wildman–Crippen MR) is 123 cm³/mol. The van der Waals surface area contributed by atoms with E-state index in [0.29, 0.717) is 18.2 Å². The number of nitrogens with one attached hydrogen (secondary N) is 2. The van der Waals surface area contributed by atoms with Crippen molar-refractivity contribution in [2.45, 2.75) is 32.0 Å². The van der Waals surface area contributed by atoms with Crippen LogP contribution in [0.3, 0.4) is 0 Å². The van der Waals surface area contributed by atoms with Crippen molar-refractivity contribution < 1.29 is 4.79 Å². The zero-order chi connectivity index (χ0) is 21.3. The highest BCUT2D eigenvalue weighted by molar-refractivity contribution is 5.93. The first-order valence-corrected chi connectivity index (χ1v) is 10.6. The van der Waals surface area contributed by atoms with Gasteiger partial charge in [0.1, 0.15) is 0 Å². The fourth-order valence-corrected chi connectivity index (χ4v) is 3.80. The van der Waals surface area contributed by atoms with Crippen LogP contribution in [-0.4, -0.2) is 61.9 Å². The second kappa shape index (κ2) is 10.8. The van der Waals surface area contributed by atoms with Crippen LogP contribution in [0.25, 0.3) is 0 Å². The Morgan fingerprint density at radius 2 is 1.80 bits per heavy atom. The molecule has 3 rings (SSSR count). The topological polar surface area (TPSA) is 60.0 Å². The molecule has 1 heterocycles. The summed E-state index contributed by atoms with van der Waals surface area (Å²) >= 11 is 0. The monoisotopic (exact) mass is 407 g/mol. The van der Waals surface area contributed by atoms with Crippen molar-refractivity contribution in [2.75, 3.05) is 34.2 Å². The van der Waals surface area contributed by atoms with E-state index in [4.69, 9.17) is 0 Å². The molecule has 0 bridgehead atoms. The minimum absolute atomic E-state index is 0.0172. The number of nitrogens with zero attached hydrogens (tertiary/aromatic N) is 3. The molecule has 1 aliphatic heterocycles. The largest absolute Gasteiger partial charge is 0.355 e. The molecule has 160 valence electrons. The Morgan fingerprint density at radius 1 is 1.07 bits per heavy atom. The molecule has 1 atom stereocenters. The average Bonchev–Trinajstić information content (AvgIpc) is 3.21. The average molecular weight is 408 g/mol. The number of carbonyl (C=O) groups excluding carboxylic acids is 1. The molecule has 2 aromatic rings. The Morgan fingerprint density at radius 3 is 2.47 bits per heavy atom. The van der Waals surface area contributed by atoms with Gasteiger partial charge in [0, 0.05) is 52.4 Å². The highest BCUT2D eigenvalue weighted by Gasteiger charge is 2.24. The minimum Gasteiger partial charge on any atom is -0.355 e. The molecule has 1 amide bonds. The van der Waals surface area contributed by atoms with Crippen LogP contribution in [-0.2, 0) is 13.1 Å². The minimum atomic E-state index is 0.0172. The molecule has 0 radical (unpaired) electrons. The Labute approximate surface area is 180 Å². The maximum Gasteiger partial charge on any atom is 0.253 e. The van der Waals surface area contributed by atoms with Gasteiger partial charge in [0.25, 0.3) is 5.91 Å². The van der Waals surface area contributed by atoms with E-state index in [1.54, 1.807) is 26.0 Å². The molecule has 6 nitrogen and oxygen atoms in total. The second-order valence-electron chi connectivity index (χ2n) is 7.96. The molecule has 0 aromatic heterocycles. The molecule has 2 aromatic carbocycles. The fraction of sp³-hybridized carbons (Fsp3) is 0.417. The summed E-state index contributed by atoms with van der Waals surface area (Å²) in [5, 5.41) is 6.85. The molecule has 6 heteroatoms. The number of rotatable bonds is 7. The van der Waals surface area contributed by atoms with Crippen molar-refractivity contribution in [1.82, 2.24) is 20.4 Å². The summed E-state index contributed by atoms with van der Waals surface area (Å²) in [6.07, 6.45) is 2.45. The van der Waals surface area contributed by atoms with Crippen molar-refractivity contribution in [3.63, 3.8) is 0 Å². The molecule has 30 heavy (non-hydrogen) atoms. The summed E-state index contributed by atoms with van der Waals surface area (Å²) in [6, 6.07) is 18.9. The quantitative estimate of drug-likeness (QED) is 0.547. The fourth-order valence-electron chi connectivity index (χ4n) is 3.80. The lowest BCUT2D eigenvalue weighted by atomic mass is 10.1. The zero-order valence-electron chi connectivity index (χ0n) is 18.3. The highest BCUT2D eigenvalue weighted by atomic mass is 16.2. The van der Waals surface area contributed by atoms with Gasteiger partial charge in [-0.2, -0.15) is 0 Å². The third kappa shape index (κ3) is 6.07. The van der Waals surface area contributed by atoms with Crippen LogP contribution >= 0.6 is 0 Å². The number of carbonyl (C=O) groups is 1. The molecule has 0 saturated carbocycles. The van der Waals surface area contributed by atoms with Gasteiger partial charge < -0.3 is 15.5 Å². The van der Waals surface area contributed by atoms with Crippen LogP contribution < -0.4 is 10.6 Å². The van der Waals surface area contributed by atoms with E-state index in [1.807, 2.05) is 24.3 Å². The van der Waals surface area contributed by atoms with Crippen LogP contribution in [0, 0.1) is 0 Å². The van der Waals surface area contributed by atoms with Gasteiger partial charge in [0.2, 0.25) is 0 Å². The number of benzene rings is 2. The Bertz CT molecular complexity index is 832. The predicted octanol–water partition coefficient (Wildman–Crippen LogP) is 2.72. The van der Waals surface area contributed by atoms with E-state index in [0.717, 1.165) is 31.2 Å². The van der Waals surface area contributed by atoms with Gasteiger partial charge in [-0.25, -0.2) is 0 Å². The molecule has 1 saturated heterocycles. The Hall–Kier alpha value is -2.86. The number of hydrogen-bond acceptors (Lipinski definition) is 3. The molecule has 1 unspecified atom stereocenters. The van der Waals surface area contributed by atoms with E-state index in [9.17, 15) is 4.79 Å².